The topological polar surface area (TPSA) is 24.9 Å². The van der Waals surface area contributed by atoms with E-state index in [9.17, 15) is 4.39 Å². The van der Waals surface area contributed by atoms with Gasteiger partial charge in [0.25, 0.3) is 0 Å². The number of halogens is 2. The first kappa shape index (κ1) is 14.3. The van der Waals surface area contributed by atoms with Gasteiger partial charge in [0.05, 0.1) is 10.2 Å². The van der Waals surface area contributed by atoms with Crippen LogP contribution in [0.1, 0.15) is 11.1 Å². The normalized spacial score (nSPS) is 11.0. The minimum absolute atomic E-state index is 0.188. The van der Waals surface area contributed by atoms with Crippen LogP contribution in [0, 0.1) is 12.7 Å². The molecule has 0 bridgehead atoms. The first-order valence-corrected chi connectivity index (χ1v) is 7.86. The third-order valence-electron chi connectivity index (χ3n) is 3.33. The van der Waals surface area contributed by atoms with Gasteiger partial charge >= 0.3 is 0 Å². The van der Waals surface area contributed by atoms with Crippen molar-refractivity contribution in [1.29, 1.82) is 0 Å². The number of anilines is 1. The van der Waals surface area contributed by atoms with E-state index in [1.165, 1.54) is 6.07 Å². The molecule has 2 aromatic carbocycles. The molecule has 2 nitrogen and oxygen atoms in total. The Morgan fingerprint density at radius 1 is 1.24 bits per heavy atom. The fourth-order valence-corrected chi connectivity index (χ4v) is 3.39. The van der Waals surface area contributed by atoms with Crippen LogP contribution in [0.5, 0.6) is 0 Å². The van der Waals surface area contributed by atoms with Crippen LogP contribution in [0.2, 0.25) is 5.02 Å². The summed E-state index contributed by atoms with van der Waals surface area (Å²) in [5, 5.41) is 4.92. The van der Waals surface area contributed by atoms with Gasteiger partial charge in [-0.2, -0.15) is 0 Å². The zero-order valence-corrected chi connectivity index (χ0v) is 13.1. The zero-order chi connectivity index (χ0) is 14.8. The van der Waals surface area contributed by atoms with Crippen LogP contribution in [0.15, 0.2) is 36.4 Å². The van der Waals surface area contributed by atoms with Crippen molar-refractivity contribution < 1.29 is 4.39 Å². The Kier molecular flexibility index (Phi) is 4.08. The fourth-order valence-electron chi connectivity index (χ4n) is 2.22. The van der Waals surface area contributed by atoms with Gasteiger partial charge < -0.3 is 5.32 Å². The second-order valence-corrected chi connectivity index (χ2v) is 6.35. The van der Waals surface area contributed by atoms with Gasteiger partial charge in [0.2, 0.25) is 0 Å². The molecule has 0 amide bonds. The number of hydrogen-bond acceptors (Lipinski definition) is 3. The Hall–Kier alpha value is -1.65. The quantitative estimate of drug-likeness (QED) is 0.727. The summed E-state index contributed by atoms with van der Waals surface area (Å²) >= 11 is 7.56. The van der Waals surface area contributed by atoms with Crippen molar-refractivity contribution >= 4 is 38.3 Å². The van der Waals surface area contributed by atoms with Crippen LogP contribution in [0.4, 0.5) is 9.52 Å². The second-order valence-electron chi connectivity index (χ2n) is 4.88. The third-order valence-corrected chi connectivity index (χ3v) is 4.54. The van der Waals surface area contributed by atoms with E-state index in [-0.39, 0.29) is 5.82 Å². The van der Waals surface area contributed by atoms with Crippen molar-refractivity contribution in [3.8, 4) is 0 Å². The van der Waals surface area contributed by atoms with Gasteiger partial charge in [0, 0.05) is 11.6 Å². The number of nitrogens with one attached hydrogen (secondary N) is 1. The fraction of sp³-hybridized carbons (Fsp3) is 0.188. The van der Waals surface area contributed by atoms with Gasteiger partial charge in [-0.15, -0.1) is 0 Å². The molecule has 108 valence electrons. The first-order chi connectivity index (χ1) is 10.1. The predicted molar refractivity (Wildman–Crippen MR) is 88.0 cm³/mol. The summed E-state index contributed by atoms with van der Waals surface area (Å²) in [5.74, 6) is -0.188. The van der Waals surface area contributed by atoms with Crippen LogP contribution in [0.3, 0.4) is 0 Å². The smallest absolute Gasteiger partial charge is 0.183 e. The number of benzene rings is 2. The summed E-state index contributed by atoms with van der Waals surface area (Å²) in [6, 6.07) is 10.6. The maximum absolute atomic E-state index is 13.1. The Morgan fingerprint density at radius 2 is 2.10 bits per heavy atom. The summed E-state index contributed by atoms with van der Waals surface area (Å²) in [6.07, 6.45) is 0.836. The van der Waals surface area contributed by atoms with Gasteiger partial charge in [0.1, 0.15) is 5.82 Å². The molecular weight excluding hydrogens is 307 g/mol. The molecule has 0 atom stereocenters. The monoisotopic (exact) mass is 320 g/mol. The zero-order valence-electron chi connectivity index (χ0n) is 11.5. The van der Waals surface area contributed by atoms with Crippen LogP contribution < -0.4 is 5.32 Å². The van der Waals surface area contributed by atoms with Crippen molar-refractivity contribution in [3.63, 3.8) is 0 Å². The molecule has 0 saturated carbocycles. The highest BCUT2D eigenvalue weighted by Crippen LogP contribution is 2.28. The molecule has 0 aliphatic rings. The molecule has 21 heavy (non-hydrogen) atoms. The van der Waals surface area contributed by atoms with Crippen molar-refractivity contribution in [3.05, 3.63) is 58.4 Å². The lowest BCUT2D eigenvalue weighted by molar-refractivity contribution is 0.625. The van der Waals surface area contributed by atoms with Crippen LogP contribution in [0.25, 0.3) is 10.2 Å². The van der Waals surface area contributed by atoms with Crippen LogP contribution >= 0.6 is 22.9 Å². The minimum atomic E-state index is -0.188. The molecular formula is C16H14ClFN2S. The Labute approximate surface area is 131 Å². The van der Waals surface area contributed by atoms with Crippen molar-refractivity contribution in [2.45, 2.75) is 13.3 Å². The highest BCUT2D eigenvalue weighted by molar-refractivity contribution is 7.22. The molecule has 3 aromatic rings. The van der Waals surface area contributed by atoms with E-state index < -0.39 is 0 Å². The molecule has 1 aromatic heterocycles. The lowest BCUT2D eigenvalue weighted by Crippen LogP contribution is -2.05. The number of rotatable bonds is 4. The molecule has 0 radical (unpaired) electrons. The van der Waals surface area contributed by atoms with E-state index >= 15 is 0 Å². The van der Waals surface area contributed by atoms with E-state index in [1.54, 1.807) is 17.4 Å². The average Bonchev–Trinajstić information content (AvgIpc) is 2.83. The van der Waals surface area contributed by atoms with Gasteiger partial charge in [-0.3, -0.25) is 0 Å². The number of aryl methyl sites for hydroxylation is 1. The number of thiazole rings is 1. The van der Waals surface area contributed by atoms with Gasteiger partial charge in [-0.1, -0.05) is 29.0 Å². The Bertz CT molecular complexity index is 785. The van der Waals surface area contributed by atoms with E-state index in [0.717, 1.165) is 44.5 Å². The summed E-state index contributed by atoms with van der Waals surface area (Å²) in [4.78, 5) is 4.51. The lowest BCUT2D eigenvalue weighted by atomic mass is 10.1. The maximum Gasteiger partial charge on any atom is 0.183 e. The molecule has 0 fully saturated rings. The highest BCUT2D eigenvalue weighted by atomic mass is 35.5. The highest BCUT2D eigenvalue weighted by Gasteiger charge is 2.05. The van der Waals surface area contributed by atoms with Crippen molar-refractivity contribution in [2.75, 3.05) is 11.9 Å². The lowest BCUT2D eigenvalue weighted by Gasteiger charge is -2.06. The van der Waals surface area contributed by atoms with E-state index in [0.29, 0.717) is 0 Å². The largest absolute Gasteiger partial charge is 0.361 e. The molecule has 0 aliphatic carbocycles. The molecule has 0 aliphatic heterocycles. The summed E-state index contributed by atoms with van der Waals surface area (Å²) in [6.45, 7) is 2.69. The average molecular weight is 321 g/mol. The molecule has 3 rings (SSSR count). The van der Waals surface area contributed by atoms with E-state index in [1.807, 2.05) is 31.2 Å². The van der Waals surface area contributed by atoms with Gasteiger partial charge in [-0.25, -0.2) is 9.37 Å². The van der Waals surface area contributed by atoms with Crippen molar-refractivity contribution in [1.82, 2.24) is 4.98 Å². The summed E-state index contributed by atoms with van der Waals surface area (Å²) in [7, 11) is 0. The number of hydrogen-bond donors (Lipinski definition) is 1. The Balaban J connectivity index is 1.66. The third kappa shape index (κ3) is 3.34. The van der Waals surface area contributed by atoms with Crippen LogP contribution in [-0.4, -0.2) is 11.5 Å². The standard InChI is InChI=1S/C16H14ClFN2S/c1-10-8-13(18)4-2-11(10)6-7-19-16-20-14-5-3-12(17)9-15(14)21-16/h2-5,8-9H,6-7H2,1H3,(H,19,20). The molecule has 0 saturated heterocycles. The number of aromatic nitrogens is 1. The SMILES string of the molecule is Cc1cc(F)ccc1CCNc1nc2ccc(Cl)cc2s1. The Morgan fingerprint density at radius 3 is 2.90 bits per heavy atom. The van der Waals surface area contributed by atoms with Crippen LogP contribution in [-0.2, 0) is 6.42 Å². The van der Waals surface area contributed by atoms with Gasteiger partial charge in [0.15, 0.2) is 5.13 Å². The minimum Gasteiger partial charge on any atom is -0.361 e. The summed E-state index contributed by atoms with van der Waals surface area (Å²) < 4.78 is 14.1. The van der Waals surface area contributed by atoms with Crippen molar-refractivity contribution in [2.24, 2.45) is 0 Å². The number of nitrogens with zero attached hydrogens (tertiary/aromatic N) is 1. The number of fused-ring (bicyclic) bond motifs is 1. The molecule has 0 unspecified atom stereocenters. The maximum atomic E-state index is 13.1. The second kappa shape index (κ2) is 6.00. The molecule has 0 spiro atoms. The van der Waals surface area contributed by atoms with E-state index in [2.05, 4.69) is 10.3 Å². The molecule has 5 heteroatoms. The van der Waals surface area contributed by atoms with E-state index in [4.69, 9.17) is 11.6 Å². The van der Waals surface area contributed by atoms with Gasteiger partial charge in [-0.05, 0) is 54.8 Å². The first-order valence-electron chi connectivity index (χ1n) is 6.67. The summed E-state index contributed by atoms with van der Waals surface area (Å²) in [5.41, 5.74) is 3.07. The molecule has 1 N–H and O–H groups in total. The molecule has 1 heterocycles. The predicted octanol–water partition coefficient (Wildman–Crippen LogP) is 5.05.